The first-order valence-electron chi connectivity index (χ1n) is 5.79. The van der Waals surface area contributed by atoms with E-state index in [1.165, 1.54) is 25.1 Å². The summed E-state index contributed by atoms with van der Waals surface area (Å²) in [5.41, 5.74) is -2.48. The highest BCUT2D eigenvalue weighted by Gasteiger charge is 2.28. The Morgan fingerprint density at radius 1 is 1.48 bits per heavy atom. The van der Waals surface area contributed by atoms with E-state index in [9.17, 15) is 24.8 Å². The molecule has 1 aromatic carbocycles. The molecule has 0 heterocycles. The third-order valence-corrected chi connectivity index (χ3v) is 2.88. The van der Waals surface area contributed by atoms with Gasteiger partial charge < -0.3 is 15.5 Å². The number of nitro benzene ring substituents is 1. The maximum atomic E-state index is 11.9. The van der Waals surface area contributed by atoms with E-state index in [1.807, 2.05) is 0 Å². The number of carbonyl (C=O) groups excluding carboxylic acids is 1. The van der Waals surface area contributed by atoms with Crippen LogP contribution in [0.5, 0.6) is 0 Å². The largest absolute Gasteiger partial charge is 0.481 e. The molecule has 3 N–H and O–H groups in total. The van der Waals surface area contributed by atoms with Gasteiger partial charge in [-0.05, 0) is 19.1 Å². The molecule has 0 spiro atoms. The van der Waals surface area contributed by atoms with Crippen molar-refractivity contribution >= 4 is 29.2 Å². The van der Waals surface area contributed by atoms with Gasteiger partial charge in [0.1, 0.15) is 10.6 Å². The molecular weight excluding hydrogens is 304 g/mol. The minimum Gasteiger partial charge on any atom is -0.481 e. The Morgan fingerprint density at radius 3 is 2.62 bits per heavy atom. The summed E-state index contributed by atoms with van der Waals surface area (Å²) in [5, 5.41) is 31.3. The zero-order valence-corrected chi connectivity index (χ0v) is 11.8. The van der Waals surface area contributed by atoms with Crippen molar-refractivity contribution in [3.8, 4) is 0 Å². The fourth-order valence-electron chi connectivity index (χ4n) is 1.64. The Labute approximate surface area is 124 Å². The van der Waals surface area contributed by atoms with Crippen LogP contribution in [0.25, 0.3) is 0 Å². The van der Waals surface area contributed by atoms with E-state index in [4.69, 9.17) is 16.7 Å². The lowest BCUT2D eigenvalue weighted by molar-refractivity contribution is -0.385. The minimum absolute atomic E-state index is 0.190. The van der Waals surface area contributed by atoms with Crippen LogP contribution in [0.2, 0.25) is 5.02 Å². The molecule has 0 saturated carbocycles. The Bertz CT molecular complexity index is 587. The molecule has 0 aliphatic heterocycles. The standard InChI is InChI=1S/C12H13ClN2O6/c1-12(19,5-9(16)17)6-14-11(18)7-3-2-4-8(13)10(7)15(20)21/h2-4,19H,5-6H2,1H3,(H,14,18)(H,16,17). The smallest absolute Gasteiger partial charge is 0.306 e. The lowest BCUT2D eigenvalue weighted by atomic mass is 10.0. The highest BCUT2D eigenvalue weighted by Crippen LogP contribution is 2.28. The molecule has 1 rings (SSSR count). The topological polar surface area (TPSA) is 130 Å². The number of carboxylic acids is 1. The summed E-state index contributed by atoms with van der Waals surface area (Å²) < 4.78 is 0. The molecule has 0 aromatic heterocycles. The highest BCUT2D eigenvalue weighted by atomic mass is 35.5. The number of carbonyl (C=O) groups is 2. The second-order valence-corrected chi connectivity index (χ2v) is 5.05. The van der Waals surface area contributed by atoms with Gasteiger partial charge in [-0.1, -0.05) is 17.7 Å². The van der Waals surface area contributed by atoms with Crippen LogP contribution in [0.4, 0.5) is 5.69 Å². The van der Waals surface area contributed by atoms with Gasteiger partial charge in [0.2, 0.25) is 0 Å². The van der Waals surface area contributed by atoms with Crippen molar-refractivity contribution in [3.05, 3.63) is 38.9 Å². The molecule has 0 aliphatic rings. The summed E-state index contributed by atoms with van der Waals surface area (Å²) in [5.74, 6) is -2.06. The average molecular weight is 317 g/mol. The van der Waals surface area contributed by atoms with E-state index in [-0.39, 0.29) is 17.1 Å². The molecule has 8 nitrogen and oxygen atoms in total. The van der Waals surface area contributed by atoms with Crippen molar-refractivity contribution in [3.63, 3.8) is 0 Å². The predicted octanol–water partition coefficient (Wildman–Crippen LogP) is 1.20. The first-order chi connectivity index (χ1) is 9.64. The first-order valence-corrected chi connectivity index (χ1v) is 6.17. The first kappa shape index (κ1) is 16.9. The maximum Gasteiger partial charge on any atom is 0.306 e. The zero-order chi connectivity index (χ0) is 16.2. The van der Waals surface area contributed by atoms with Crippen LogP contribution >= 0.6 is 11.6 Å². The second kappa shape index (κ2) is 6.51. The van der Waals surface area contributed by atoms with E-state index < -0.39 is 34.5 Å². The summed E-state index contributed by atoms with van der Waals surface area (Å²) in [7, 11) is 0. The summed E-state index contributed by atoms with van der Waals surface area (Å²) in [6.45, 7) is 0.857. The van der Waals surface area contributed by atoms with Gasteiger partial charge in [-0.25, -0.2) is 0 Å². The van der Waals surface area contributed by atoms with Crippen molar-refractivity contribution in [2.24, 2.45) is 0 Å². The number of amides is 1. The van der Waals surface area contributed by atoms with Crippen LogP contribution in [-0.4, -0.2) is 39.2 Å². The quantitative estimate of drug-likeness (QED) is 0.534. The Kier molecular flexibility index (Phi) is 5.23. The van der Waals surface area contributed by atoms with Crippen LogP contribution in [0, 0.1) is 10.1 Å². The normalized spacial score (nSPS) is 13.3. The number of hydrogen-bond donors (Lipinski definition) is 3. The lowest BCUT2D eigenvalue weighted by Crippen LogP contribution is -2.42. The van der Waals surface area contributed by atoms with Gasteiger partial charge in [-0.15, -0.1) is 0 Å². The third-order valence-electron chi connectivity index (χ3n) is 2.58. The summed E-state index contributed by atoms with van der Waals surface area (Å²) in [6, 6.07) is 3.86. The molecule has 9 heteroatoms. The number of benzene rings is 1. The van der Waals surface area contributed by atoms with Crippen LogP contribution in [-0.2, 0) is 4.79 Å². The SMILES string of the molecule is CC(O)(CNC(=O)c1cccc(Cl)c1[N+](=O)[O-])CC(=O)O. The van der Waals surface area contributed by atoms with Crippen molar-refractivity contribution in [1.29, 1.82) is 0 Å². The van der Waals surface area contributed by atoms with Gasteiger partial charge in [0.25, 0.3) is 5.91 Å². The van der Waals surface area contributed by atoms with Gasteiger partial charge in [0.05, 0.1) is 16.9 Å². The fourth-order valence-corrected chi connectivity index (χ4v) is 1.88. The summed E-state index contributed by atoms with van der Waals surface area (Å²) in [6.07, 6.45) is -0.578. The number of hydrogen-bond acceptors (Lipinski definition) is 5. The average Bonchev–Trinajstić information content (AvgIpc) is 2.33. The van der Waals surface area contributed by atoms with Gasteiger partial charge in [-0.3, -0.25) is 19.7 Å². The number of aliphatic hydroxyl groups is 1. The number of para-hydroxylation sites is 1. The van der Waals surface area contributed by atoms with Crippen LogP contribution in [0.15, 0.2) is 18.2 Å². The molecule has 1 amide bonds. The summed E-state index contributed by atoms with van der Waals surface area (Å²) >= 11 is 5.68. The molecule has 0 saturated heterocycles. The van der Waals surface area contributed by atoms with Gasteiger partial charge in [-0.2, -0.15) is 0 Å². The van der Waals surface area contributed by atoms with E-state index in [2.05, 4.69) is 5.32 Å². The molecular formula is C12H13ClN2O6. The second-order valence-electron chi connectivity index (χ2n) is 4.64. The van der Waals surface area contributed by atoms with E-state index in [0.29, 0.717) is 0 Å². The minimum atomic E-state index is -1.67. The predicted molar refractivity (Wildman–Crippen MR) is 73.3 cm³/mol. The Morgan fingerprint density at radius 2 is 2.10 bits per heavy atom. The number of nitrogens with zero attached hydrogens (tertiary/aromatic N) is 1. The van der Waals surface area contributed by atoms with Crippen molar-refractivity contribution in [1.82, 2.24) is 5.32 Å². The molecule has 0 radical (unpaired) electrons. The maximum absolute atomic E-state index is 11.9. The third kappa shape index (κ3) is 4.69. The summed E-state index contributed by atoms with van der Waals surface area (Å²) in [4.78, 5) is 32.6. The van der Waals surface area contributed by atoms with Gasteiger partial charge in [0, 0.05) is 6.54 Å². The molecule has 0 bridgehead atoms. The molecule has 114 valence electrons. The highest BCUT2D eigenvalue weighted by molar-refractivity contribution is 6.33. The number of carboxylic acid groups (broad SMARTS) is 1. The van der Waals surface area contributed by atoms with Crippen molar-refractivity contribution in [2.45, 2.75) is 18.9 Å². The molecule has 1 unspecified atom stereocenters. The molecule has 1 atom stereocenters. The number of halogens is 1. The van der Waals surface area contributed by atoms with Gasteiger partial charge in [0.15, 0.2) is 0 Å². The van der Waals surface area contributed by atoms with E-state index in [0.717, 1.165) is 0 Å². The van der Waals surface area contributed by atoms with E-state index >= 15 is 0 Å². The van der Waals surface area contributed by atoms with Crippen LogP contribution in [0.1, 0.15) is 23.7 Å². The van der Waals surface area contributed by atoms with Crippen LogP contribution < -0.4 is 5.32 Å². The number of nitro groups is 1. The number of aliphatic carboxylic acids is 1. The Hall–Kier alpha value is -2.19. The van der Waals surface area contributed by atoms with Crippen LogP contribution in [0.3, 0.4) is 0 Å². The Balaban J connectivity index is 2.89. The molecule has 0 aliphatic carbocycles. The van der Waals surface area contributed by atoms with Crippen molar-refractivity contribution < 1.29 is 24.7 Å². The zero-order valence-electron chi connectivity index (χ0n) is 11.0. The molecule has 0 fully saturated rings. The van der Waals surface area contributed by atoms with E-state index in [1.54, 1.807) is 0 Å². The monoisotopic (exact) mass is 316 g/mol. The van der Waals surface area contributed by atoms with Gasteiger partial charge >= 0.3 is 11.7 Å². The number of rotatable bonds is 6. The number of nitrogens with one attached hydrogen (secondary N) is 1. The molecule has 21 heavy (non-hydrogen) atoms. The fraction of sp³-hybridized carbons (Fsp3) is 0.333. The lowest BCUT2D eigenvalue weighted by Gasteiger charge is -2.21. The molecule has 1 aromatic rings. The van der Waals surface area contributed by atoms with Crippen molar-refractivity contribution in [2.75, 3.05) is 6.54 Å².